The van der Waals surface area contributed by atoms with Crippen molar-refractivity contribution in [2.45, 2.75) is 25.1 Å². The van der Waals surface area contributed by atoms with Gasteiger partial charge in [-0.25, -0.2) is 8.42 Å². The fraction of sp³-hybridized carbons (Fsp3) is 0.875. The van der Waals surface area contributed by atoms with Crippen LogP contribution in [0.3, 0.4) is 0 Å². The summed E-state index contributed by atoms with van der Waals surface area (Å²) < 4.78 is 22.7. The second kappa shape index (κ2) is 4.27. The topological polar surface area (TPSA) is 75.3 Å². The van der Waals surface area contributed by atoms with Gasteiger partial charge < -0.3 is 10.6 Å². The first-order valence-corrected chi connectivity index (χ1v) is 6.35. The minimum atomic E-state index is -3.26. The van der Waals surface area contributed by atoms with Crippen molar-refractivity contribution in [3.8, 4) is 0 Å². The maximum absolute atomic E-state index is 11.4. The Bertz CT molecular complexity index is 307. The molecule has 0 aromatic rings. The molecule has 1 rings (SSSR count). The lowest BCUT2D eigenvalue weighted by Gasteiger charge is -2.27. The van der Waals surface area contributed by atoms with Gasteiger partial charge in [0.1, 0.15) is 5.75 Å². The van der Waals surface area contributed by atoms with Crippen molar-refractivity contribution in [3.63, 3.8) is 0 Å². The van der Waals surface area contributed by atoms with Crippen molar-refractivity contribution in [1.82, 2.24) is 10.6 Å². The SMILES string of the molecule is CC(C)S(=O)(=O)CC(=O)NC1CNC1. The zero-order valence-electron chi connectivity index (χ0n) is 8.41. The number of sulfone groups is 1. The summed E-state index contributed by atoms with van der Waals surface area (Å²) >= 11 is 0. The minimum Gasteiger partial charge on any atom is -0.350 e. The van der Waals surface area contributed by atoms with Gasteiger partial charge in [0, 0.05) is 13.1 Å². The van der Waals surface area contributed by atoms with Crippen molar-refractivity contribution in [1.29, 1.82) is 0 Å². The third-order valence-corrected chi connectivity index (χ3v) is 4.30. The van der Waals surface area contributed by atoms with E-state index in [-0.39, 0.29) is 6.04 Å². The summed E-state index contributed by atoms with van der Waals surface area (Å²) in [5, 5.41) is 5.14. The Morgan fingerprint density at radius 1 is 1.50 bits per heavy atom. The second-order valence-corrected chi connectivity index (χ2v) is 6.34. The Morgan fingerprint density at radius 3 is 2.43 bits per heavy atom. The van der Waals surface area contributed by atoms with Gasteiger partial charge in [-0.2, -0.15) is 0 Å². The predicted molar refractivity (Wildman–Crippen MR) is 53.7 cm³/mol. The van der Waals surface area contributed by atoms with Crippen LogP contribution in [0.5, 0.6) is 0 Å². The molecule has 1 heterocycles. The van der Waals surface area contributed by atoms with Crippen LogP contribution in [-0.4, -0.2) is 44.5 Å². The van der Waals surface area contributed by atoms with Crippen LogP contribution in [0.15, 0.2) is 0 Å². The first-order chi connectivity index (χ1) is 6.42. The van der Waals surface area contributed by atoms with Crippen molar-refractivity contribution in [3.05, 3.63) is 0 Å². The number of hydrogen-bond acceptors (Lipinski definition) is 4. The summed E-state index contributed by atoms with van der Waals surface area (Å²) in [6, 6.07) is 0.102. The fourth-order valence-electron chi connectivity index (χ4n) is 1.01. The highest BCUT2D eigenvalue weighted by molar-refractivity contribution is 7.92. The highest BCUT2D eigenvalue weighted by atomic mass is 32.2. The molecule has 1 saturated heterocycles. The third kappa shape index (κ3) is 2.95. The molecule has 1 aliphatic rings. The lowest BCUT2D eigenvalue weighted by Crippen LogP contribution is -2.57. The van der Waals surface area contributed by atoms with E-state index in [1.807, 2.05) is 0 Å². The first-order valence-electron chi connectivity index (χ1n) is 4.63. The molecule has 0 radical (unpaired) electrons. The summed E-state index contributed by atoms with van der Waals surface area (Å²) in [4.78, 5) is 11.2. The molecule has 0 aliphatic carbocycles. The third-order valence-electron chi connectivity index (χ3n) is 2.20. The van der Waals surface area contributed by atoms with Crippen LogP contribution in [0.2, 0.25) is 0 Å². The Labute approximate surface area is 84.2 Å². The average Bonchev–Trinajstić information content (AvgIpc) is 1.96. The highest BCUT2D eigenvalue weighted by Gasteiger charge is 2.24. The van der Waals surface area contributed by atoms with Crippen molar-refractivity contribution in [2.24, 2.45) is 0 Å². The van der Waals surface area contributed by atoms with E-state index in [2.05, 4.69) is 10.6 Å². The zero-order valence-corrected chi connectivity index (χ0v) is 9.23. The van der Waals surface area contributed by atoms with Gasteiger partial charge in [0.25, 0.3) is 0 Å². The van der Waals surface area contributed by atoms with Crippen molar-refractivity contribution in [2.75, 3.05) is 18.8 Å². The minimum absolute atomic E-state index is 0.102. The quantitative estimate of drug-likeness (QED) is 0.630. The van der Waals surface area contributed by atoms with Gasteiger partial charge in [-0.05, 0) is 13.8 Å². The molecule has 1 aliphatic heterocycles. The van der Waals surface area contributed by atoms with Gasteiger partial charge in [-0.15, -0.1) is 0 Å². The van der Waals surface area contributed by atoms with Gasteiger partial charge in [-0.3, -0.25) is 4.79 Å². The average molecular weight is 220 g/mol. The molecule has 0 spiro atoms. The molecule has 2 N–H and O–H groups in total. The Kier molecular flexibility index (Phi) is 3.49. The van der Waals surface area contributed by atoms with E-state index >= 15 is 0 Å². The normalized spacial score (nSPS) is 17.9. The molecule has 0 saturated carbocycles. The van der Waals surface area contributed by atoms with E-state index in [4.69, 9.17) is 0 Å². The molecule has 0 aromatic heterocycles. The van der Waals surface area contributed by atoms with E-state index in [0.717, 1.165) is 13.1 Å². The maximum Gasteiger partial charge on any atom is 0.235 e. The number of nitrogens with one attached hydrogen (secondary N) is 2. The van der Waals surface area contributed by atoms with Gasteiger partial charge in [0.2, 0.25) is 5.91 Å². The summed E-state index contributed by atoms with van der Waals surface area (Å²) in [6.45, 7) is 4.61. The Balaban J connectivity index is 2.39. The maximum atomic E-state index is 11.4. The van der Waals surface area contributed by atoms with Crippen LogP contribution >= 0.6 is 0 Å². The first kappa shape index (κ1) is 11.5. The molecule has 1 amide bonds. The lowest BCUT2D eigenvalue weighted by atomic mass is 10.2. The van der Waals surface area contributed by atoms with Crippen LogP contribution in [-0.2, 0) is 14.6 Å². The van der Waals surface area contributed by atoms with E-state index in [1.165, 1.54) is 0 Å². The van der Waals surface area contributed by atoms with Crippen LogP contribution in [0.25, 0.3) is 0 Å². The standard InChI is InChI=1S/C8H16N2O3S/c1-6(2)14(12,13)5-8(11)10-7-3-9-4-7/h6-7,9H,3-5H2,1-2H3,(H,10,11). The number of carbonyl (C=O) groups excluding carboxylic acids is 1. The summed E-state index contributed by atoms with van der Waals surface area (Å²) in [5.74, 6) is -0.800. The summed E-state index contributed by atoms with van der Waals surface area (Å²) in [6.07, 6.45) is 0. The fourth-order valence-corrected chi connectivity index (χ4v) is 1.79. The number of amides is 1. The van der Waals surface area contributed by atoms with Crippen molar-refractivity contribution >= 4 is 15.7 Å². The van der Waals surface area contributed by atoms with E-state index in [9.17, 15) is 13.2 Å². The highest BCUT2D eigenvalue weighted by Crippen LogP contribution is 2.00. The Morgan fingerprint density at radius 2 is 2.07 bits per heavy atom. The molecular weight excluding hydrogens is 204 g/mol. The summed E-state index contributed by atoms with van der Waals surface area (Å²) in [5.41, 5.74) is 0. The lowest BCUT2D eigenvalue weighted by molar-refractivity contribution is -0.119. The molecule has 5 nitrogen and oxygen atoms in total. The molecule has 0 unspecified atom stereocenters. The zero-order chi connectivity index (χ0) is 10.8. The summed E-state index contributed by atoms with van der Waals surface area (Å²) in [7, 11) is -3.26. The van der Waals surface area contributed by atoms with Gasteiger partial charge in [0.05, 0.1) is 11.3 Å². The van der Waals surface area contributed by atoms with Crippen LogP contribution in [0.1, 0.15) is 13.8 Å². The molecule has 82 valence electrons. The molecule has 0 aromatic carbocycles. The number of hydrogen-bond donors (Lipinski definition) is 2. The van der Waals surface area contributed by atoms with Crippen LogP contribution < -0.4 is 10.6 Å². The van der Waals surface area contributed by atoms with Crippen molar-refractivity contribution < 1.29 is 13.2 Å². The van der Waals surface area contributed by atoms with Gasteiger partial charge >= 0.3 is 0 Å². The number of carbonyl (C=O) groups is 1. The smallest absolute Gasteiger partial charge is 0.235 e. The molecule has 0 bridgehead atoms. The monoisotopic (exact) mass is 220 g/mol. The van der Waals surface area contributed by atoms with Gasteiger partial charge in [0.15, 0.2) is 9.84 Å². The molecule has 14 heavy (non-hydrogen) atoms. The molecule has 1 fully saturated rings. The molecular formula is C8H16N2O3S. The second-order valence-electron chi connectivity index (χ2n) is 3.78. The molecule has 0 atom stereocenters. The van der Waals surface area contributed by atoms with E-state index in [1.54, 1.807) is 13.8 Å². The van der Waals surface area contributed by atoms with Crippen LogP contribution in [0, 0.1) is 0 Å². The number of rotatable bonds is 4. The van der Waals surface area contributed by atoms with Crippen LogP contribution in [0.4, 0.5) is 0 Å². The van der Waals surface area contributed by atoms with E-state index < -0.39 is 26.7 Å². The largest absolute Gasteiger partial charge is 0.350 e. The predicted octanol–water partition coefficient (Wildman–Crippen LogP) is -1.10. The van der Waals surface area contributed by atoms with Gasteiger partial charge in [-0.1, -0.05) is 0 Å². The molecule has 6 heteroatoms. The Hall–Kier alpha value is -0.620. The van der Waals surface area contributed by atoms with E-state index in [0.29, 0.717) is 0 Å².